The van der Waals surface area contributed by atoms with Crippen molar-refractivity contribution < 1.29 is 23.9 Å². The van der Waals surface area contributed by atoms with Gasteiger partial charge < -0.3 is 24.0 Å². The van der Waals surface area contributed by atoms with Gasteiger partial charge in [-0.05, 0) is 13.8 Å². The quantitative estimate of drug-likeness (QED) is 0.831. The number of hydrogen-bond donors (Lipinski definition) is 1. The summed E-state index contributed by atoms with van der Waals surface area (Å²) in [6, 6.07) is 0. The topological polar surface area (TPSA) is 88.3 Å². The maximum Gasteiger partial charge on any atom is 0.276 e. The van der Waals surface area contributed by atoms with Crippen molar-refractivity contribution in [1.29, 1.82) is 0 Å². The fourth-order valence-electron chi connectivity index (χ4n) is 3.98. The molecule has 0 aliphatic carbocycles. The van der Waals surface area contributed by atoms with Gasteiger partial charge in [0, 0.05) is 31.6 Å². The number of carbonyl (C=O) groups is 1. The summed E-state index contributed by atoms with van der Waals surface area (Å²) in [4.78, 5) is 16.8. The molecule has 0 aromatic carbocycles. The summed E-state index contributed by atoms with van der Waals surface area (Å²) >= 11 is 0. The van der Waals surface area contributed by atoms with E-state index >= 15 is 0 Å². The molecular weight excluding hydrogens is 326 g/mol. The number of nitrogens with zero attached hydrogens (tertiary/aromatic N) is 3. The van der Waals surface area contributed by atoms with Crippen molar-refractivity contribution in [3.8, 4) is 0 Å². The highest BCUT2D eigenvalue weighted by Crippen LogP contribution is 2.40. The van der Waals surface area contributed by atoms with Gasteiger partial charge in [-0.15, -0.1) is 0 Å². The first-order valence-electron chi connectivity index (χ1n) is 8.78. The summed E-state index contributed by atoms with van der Waals surface area (Å²) in [6.07, 6.45) is 0.558. The van der Waals surface area contributed by atoms with Crippen molar-refractivity contribution in [2.45, 2.75) is 38.0 Å². The molecule has 138 valence electrons. The molecule has 1 N–H and O–H groups in total. The van der Waals surface area contributed by atoms with Crippen LogP contribution in [0.5, 0.6) is 0 Å². The van der Waals surface area contributed by atoms with E-state index in [-0.39, 0.29) is 5.91 Å². The summed E-state index contributed by atoms with van der Waals surface area (Å²) < 4.78 is 16.4. The van der Waals surface area contributed by atoms with Gasteiger partial charge in [0.05, 0.1) is 38.5 Å². The molecule has 0 radical (unpaired) electrons. The smallest absolute Gasteiger partial charge is 0.276 e. The average molecular weight is 351 g/mol. The van der Waals surface area contributed by atoms with Gasteiger partial charge >= 0.3 is 0 Å². The minimum atomic E-state index is -0.804. The highest BCUT2D eigenvalue weighted by molar-refractivity contribution is 5.94. The van der Waals surface area contributed by atoms with E-state index in [1.54, 1.807) is 11.8 Å². The third kappa shape index (κ3) is 3.19. The van der Waals surface area contributed by atoms with Crippen LogP contribution in [0.2, 0.25) is 0 Å². The van der Waals surface area contributed by atoms with Crippen LogP contribution in [0.25, 0.3) is 0 Å². The Balaban J connectivity index is 1.43. The van der Waals surface area contributed by atoms with E-state index in [9.17, 15) is 9.90 Å². The SMILES string of the molecule is Cc1onc(C(=O)N2CC3(C2)C[C@](C)(O)CO3)c1CN1CCOCC1. The molecule has 4 rings (SSSR count). The number of morpholine rings is 1. The molecule has 1 spiro atoms. The molecule has 8 heteroatoms. The number of rotatable bonds is 3. The van der Waals surface area contributed by atoms with Crippen molar-refractivity contribution in [2.24, 2.45) is 0 Å². The summed E-state index contributed by atoms with van der Waals surface area (Å²) in [5.74, 6) is 0.561. The molecule has 3 aliphatic heterocycles. The number of amides is 1. The molecule has 1 aromatic heterocycles. The Kier molecular flexibility index (Phi) is 4.10. The third-order valence-corrected chi connectivity index (χ3v) is 5.31. The standard InChI is InChI=1S/C17H25N3O5/c1-12-13(7-19-3-5-23-6-4-19)14(18-25-12)15(21)20-9-17(10-20)8-16(2,22)11-24-17/h22H,3-11H2,1-2H3/t16-/m0/s1. The van der Waals surface area contributed by atoms with Gasteiger partial charge in [0.25, 0.3) is 5.91 Å². The number of aryl methyl sites for hydroxylation is 1. The van der Waals surface area contributed by atoms with Gasteiger partial charge in [-0.2, -0.15) is 0 Å². The maximum atomic E-state index is 12.8. The lowest BCUT2D eigenvalue weighted by Crippen LogP contribution is -2.63. The van der Waals surface area contributed by atoms with Crippen LogP contribution < -0.4 is 0 Å². The van der Waals surface area contributed by atoms with Crippen LogP contribution in [-0.2, 0) is 16.0 Å². The lowest BCUT2D eigenvalue weighted by atomic mass is 9.85. The molecule has 8 nitrogen and oxygen atoms in total. The zero-order valence-electron chi connectivity index (χ0n) is 14.8. The van der Waals surface area contributed by atoms with E-state index in [0.717, 1.165) is 18.7 Å². The van der Waals surface area contributed by atoms with E-state index in [0.29, 0.717) is 57.3 Å². The normalized spacial score (nSPS) is 29.2. The Bertz CT molecular complexity index is 659. The van der Waals surface area contributed by atoms with E-state index in [1.165, 1.54) is 0 Å². The van der Waals surface area contributed by atoms with Gasteiger partial charge in [0.1, 0.15) is 11.4 Å². The number of carbonyl (C=O) groups excluding carboxylic acids is 1. The number of likely N-dealkylation sites (tertiary alicyclic amines) is 1. The van der Waals surface area contributed by atoms with Gasteiger partial charge in [0.15, 0.2) is 5.69 Å². The molecule has 3 saturated heterocycles. The minimum absolute atomic E-state index is 0.124. The van der Waals surface area contributed by atoms with Crippen LogP contribution in [0.15, 0.2) is 4.52 Å². The second-order valence-corrected chi connectivity index (χ2v) is 7.76. The molecule has 3 aliphatic rings. The van der Waals surface area contributed by atoms with Gasteiger partial charge in [-0.1, -0.05) is 5.16 Å². The molecule has 0 saturated carbocycles. The molecule has 3 fully saturated rings. The van der Waals surface area contributed by atoms with Crippen molar-refractivity contribution in [3.05, 3.63) is 17.0 Å². The van der Waals surface area contributed by atoms with Crippen molar-refractivity contribution >= 4 is 5.91 Å². The Morgan fingerprint density at radius 3 is 2.68 bits per heavy atom. The molecule has 1 amide bonds. The van der Waals surface area contributed by atoms with Crippen LogP contribution in [-0.4, -0.2) is 83.2 Å². The van der Waals surface area contributed by atoms with Gasteiger partial charge in [0.2, 0.25) is 0 Å². The highest BCUT2D eigenvalue weighted by Gasteiger charge is 2.55. The summed E-state index contributed by atoms with van der Waals surface area (Å²) in [6.45, 7) is 8.66. The monoisotopic (exact) mass is 351 g/mol. The van der Waals surface area contributed by atoms with E-state index in [4.69, 9.17) is 14.0 Å². The molecular formula is C17H25N3O5. The van der Waals surface area contributed by atoms with E-state index in [2.05, 4.69) is 10.1 Å². The van der Waals surface area contributed by atoms with E-state index in [1.807, 2.05) is 6.92 Å². The Hall–Kier alpha value is -1.48. The van der Waals surface area contributed by atoms with E-state index < -0.39 is 11.2 Å². The van der Waals surface area contributed by atoms with Crippen molar-refractivity contribution in [3.63, 3.8) is 0 Å². The average Bonchev–Trinajstić information content (AvgIpc) is 3.07. The fourth-order valence-corrected chi connectivity index (χ4v) is 3.98. The lowest BCUT2D eigenvalue weighted by molar-refractivity contribution is -0.0957. The van der Waals surface area contributed by atoms with Crippen LogP contribution in [0.4, 0.5) is 0 Å². The van der Waals surface area contributed by atoms with Crippen LogP contribution in [0, 0.1) is 6.92 Å². The first kappa shape index (κ1) is 17.0. The number of aliphatic hydroxyl groups is 1. The van der Waals surface area contributed by atoms with Crippen LogP contribution in [0.3, 0.4) is 0 Å². The predicted octanol–water partition coefficient (Wildman–Crippen LogP) is 0.181. The molecule has 0 unspecified atom stereocenters. The molecule has 1 atom stereocenters. The number of aromatic nitrogens is 1. The molecule has 0 bridgehead atoms. The third-order valence-electron chi connectivity index (χ3n) is 5.31. The Labute approximate surface area is 146 Å². The highest BCUT2D eigenvalue weighted by atomic mass is 16.5. The summed E-state index contributed by atoms with van der Waals surface area (Å²) in [5.41, 5.74) is 0.0412. The number of ether oxygens (including phenoxy) is 2. The Morgan fingerprint density at radius 2 is 2.04 bits per heavy atom. The van der Waals surface area contributed by atoms with Crippen molar-refractivity contribution in [1.82, 2.24) is 15.0 Å². The molecule has 25 heavy (non-hydrogen) atoms. The minimum Gasteiger partial charge on any atom is -0.388 e. The predicted molar refractivity (Wildman–Crippen MR) is 87.2 cm³/mol. The first-order chi connectivity index (χ1) is 11.9. The van der Waals surface area contributed by atoms with Crippen molar-refractivity contribution in [2.75, 3.05) is 46.0 Å². The fraction of sp³-hybridized carbons (Fsp3) is 0.765. The zero-order valence-corrected chi connectivity index (χ0v) is 14.8. The summed E-state index contributed by atoms with van der Waals surface area (Å²) in [7, 11) is 0. The molecule has 4 heterocycles. The van der Waals surface area contributed by atoms with Gasteiger partial charge in [-0.25, -0.2) is 0 Å². The van der Waals surface area contributed by atoms with Gasteiger partial charge in [-0.3, -0.25) is 9.69 Å². The zero-order chi connectivity index (χ0) is 17.7. The van der Waals surface area contributed by atoms with Crippen LogP contribution in [0.1, 0.15) is 35.2 Å². The second kappa shape index (κ2) is 6.05. The molecule has 1 aromatic rings. The largest absolute Gasteiger partial charge is 0.388 e. The lowest BCUT2D eigenvalue weighted by Gasteiger charge is -2.47. The number of hydrogen-bond acceptors (Lipinski definition) is 7. The first-order valence-corrected chi connectivity index (χ1v) is 8.78. The summed E-state index contributed by atoms with van der Waals surface area (Å²) in [5, 5.41) is 14.1. The van der Waals surface area contributed by atoms with Crippen LogP contribution >= 0.6 is 0 Å². The Morgan fingerprint density at radius 1 is 1.32 bits per heavy atom. The maximum absolute atomic E-state index is 12.8. The second-order valence-electron chi connectivity index (χ2n) is 7.76.